The molecule has 1 N–H and O–H groups in total. The van der Waals surface area contributed by atoms with Gasteiger partial charge in [-0.2, -0.15) is 5.10 Å². The molecule has 1 aliphatic rings. The Morgan fingerprint density at radius 2 is 2.12 bits per heavy atom. The Morgan fingerprint density at radius 3 is 2.88 bits per heavy atom. The molecule has 1 aromatic heterocycles. The maximum absolute atomic E-state index is 4.43. The summed E-state index contributed by atoms with van der Waals surface area (Å²) in [5.74, 6) is 0. The van der Waals surface area contributed by atoms with Crippen molar-refractivity contribution in [3.63, 3.8) is 0 Å². The molecular formula is C14H17N3. The summed E-state index contributed by atoms with van der Waals surface area (Å²) in [6, 6.07) is 11.0. The minimum absolute atomic E-state index is 0.596. The van der Waals surface area contributed by atoms with Gasteiger partial charge in [0.2, 0.25) is 0 Å². The third-order valence-corrected chi connectivity index (χ3v) is 3.31. The van der Waals surface area contributed by atoms with Crippen LogP contribution in [0.15, 0.2) is 42.7 Å². The van der Waals surface area contributed by atoms with Crippen LogP contribution in [-0.4, -0.2) is 22.4 Å². The van der Waals surface area contributed by atoms with Gasteiger partial charge in [-0.05, 0) is 24.9 Å². The molecule has 3 nitrogen and oxygen atoms in total. The van der Waals surface area contributed by atoms with Crippen molar-refractivity contribution < 1.29 is 0 Å². The second kappa shape index (κ2) is 4.72. The van der Waals surface area contributed by atoms with Gasteiger partial charge in [0.05, 0.1) is 12.7 Å². The molecule has 1 saturated heterocycles. The first-order chi connectivity index (χ1) is 8.42. The zero-order chi connectivity index (χ0) is 11.5. The van der Waals surface area contributed by atoms with Gasteiger partial charge in [-0.25, -0.2) is 0 Å². The van der Waals surface area contributed by atoms with E-state index < -0.39 is 0 Å². The highest BCUT2D eigenvalue weighted by Gasteiger charge is 2.14. The minimum atomic E-state index is 0.596. The fourth-order valence-corrected chi connectivity index (χ4v) is 2.38. The molecule has 0 aliphatic carbocycles. The molecule has 3 heteroatoms. The third kappa shape index (κ3) is 2.39. The lowest BCUT2D eigenvalue weighted by Gasteiger charge is -2.09. The summed E-state index contributed by atoms with van der Waals surface area (Å²) in [4.78, 5) is 0. The summed E-state index contributed by atoms with van der Waals surface area (Å²) >= 11 is 0. The predicted octanol–water partition coefficient (Wildman–Crippen LogP) is 2.30. The summed E-state index contributed by atoms with van der Waals surface area (Å²) in [6.07, 6.45) is 6.64. The Balaban J connectivity index is 1.74. The number of rotatable bonds is 3. The van der Waals surface area contributed by atoms with E-state index >= 15 is 0 Å². The smallest absolute Gasteiger partial charge is 0.0568 e. The number of aromatic nitrogens is 2. The molecule has 1 aliphatic heterocycles. The van der Waals surface area contributed by atoms with E-state index in [-0.39, 0.29) is 0 Å². The zero-order valence-corrected chi connectivity index (χ0v) is 9.84. The van der Waals surface area contributed by atoms with Gasteiger partial charge in [-0.1, -0.05) is 30.3 Å². The van der Waals surface area contributed by atoms with Crippen LogP contribution in [0.3, 0.4) is 0 Å². The molecule has 3 rings (SSSR count). The fraction of sp³-hybridized carbons (Fsp3) is 0.357. The van der Waals surface area contributed by atoms with Gasteiger partial charge < -0.3 is 5.32 Å². The van der Waals surface area contributed by atoms with Crippen LogP contribution in [0.1, 0.15) is 12.8 Å². The summed E-state index contributed by atoms with van der Waals surface area (Å²) in [5.41, 5.74) is 2.43. The standard InChI is InChI=1S/C14H17N3/c1-2-5-12(6-3-1)13-9-16-17(10-13)11-14-7-4-8-15-14/h1-3,5-6,9-10,14-15H,4,7-8,11H2. The van der Waals surface area contributed by atoms with Crippen LogP contribution in [-0.2, 0) is 6.54 Å². The van der Waals surface area contributed by atoms with E-state index in [1.807, 2.05) is 16.9 Å². The molecule has 0 saturated carbocycles. The average Bonchev–Trinajstić information content (AvgIpc) is 3.02. The maximum atomic E-state index is 4.43. The van der Waals surface area contributed by atoms with Gasteiger partial charge in [0.1, 0.15) is 0 Å². The normalized spacial score (nSPS) is 19.6. The molecule has 1 aromatic carbocycles. The molecule has 0 amide bonds. The van der Waals surface area contributed by atoms with Crippen molar-refractivity contribution in [2.24, 2.45) is 0 Å². The predicted molar refractivity (Wildman–Crippen MR) is 68.7 cm³/mol. The van der Waals surface area contributed by atoms with Crippen LogP contribution in [0.5, 0.6) is 0 Å². The summed E-state index contributed by atoms with van der Waals surface area (Å²) in [6.45, 7) is 2.13. The third-order valence-electron chi connectivity index (χ3n) is 3.31. The molecule has 1 fully saturated rings. The molecule has 2 heterocycles. The van der Waals surface area contributed by atoms with Gasteiger partial charge in [-0.15, -0.1) is 0 Å². The van der Waals surface area contributed by atoms with E-state index in [1.165, 1.54) is 24.0 Å². The van der Waals surface area contributed by atoms with Crippen LogP contribution < -0.4 is 5.32 Å². The molecule has 0 bridgehead atoms. The number of benzene rings is 1. The van der Waals surface area contributed by atoms with Crippen LogP contribution in [0.25, 0.3) is 11.1 Å². The number of hydrogen-bond acceptors (Lipinski definition) is 2. The molecule has 2 aromatic rings. The second-order valence-corrected chi connectivity index (χ2v) is 4.61. The first kappa shape index (κ1) is 10.5. The van der Waals surface area contributed by atoms with Crippen molar-refractivity contribution >= 4 is 0 Å². The van der Waals surface area contributed by atoms with Crippen molar-refractivity contribution in [1.29, 1.82) is 0 Å². The fourth-order valence-electron chi connectivity index (χ4n) is 2.38. The quantitative estimate of drug-likeness (QED) is 0.872. The lowest BCUT2D eigenvalue weighted by molar-refractivity contribution is 0.476. The van der Waals surface area contributed by atoms with Crippen molar-refractivity contribution in [3.05, 3.63) is 42.7 Å². The van der Waals surface area contributed by atoms with Crippen molar-refractivity contribution in [2.45, 2.75) is 25.4 Å². The molecule has 88 valence electrons. The highest BCUT2D eigenvalue weighted by molar-refractivity contribution is 5.61. The Bertz CT molecular complexity index is 469. The van der Waals surface area contributed by atoms with E-state index in [1.54, 1.807) is 0 Å². The van der Waals surface area contributed by atoms with Crippen LogP contribution in [0.4, 0.5) is 0 Å². The van der Waals surface area contributed by atoms with Crippen molar-refractivity contribution in [3.8, 4) is 11.1 Å². The summed E-state index contributed by atoms with van der Waals surface area (Å²) < 4.78 is 2.05. The van der Waals surface area contributed by atoms with Crippen molar-refractivity contribution in [1.82, 2.24) is 15.1 Å². The summed E-state index contributed by atoms with van der Waals surface area (Å²) in [7, 11) is 0. The van der Waals surface area contributed by atoms with Gasteiger partial charge >= 0.3 is 0 Å². The van der Waals surface area contributed by atoms with Crippen LogP contribution >= 0.6 is 0 Å². The Morgan fingerprint density at radius 1 is 1.24 bits per heavy atom. The van der Waals surface area contributed by atoms with E-state index in [0.717, 1.165) is 13.1 Å². The first-order valence-corrected chi connectivity index (χ1v) is 6.23. The van der Waals surface area contributed by atoms with E-state index in [0.29, 0.717) is 6.04 Å². The van der Waals surface area contributed by atoms with E-state index in [2.05, 4.69) is 40.9 Å². The maximum Gasteiger partial charge on any atom is 0.0568 e. The number of nitrogens with one attached hydrogen (secondary N) is 1. The highest BCUT2D eigenvalue weighted by Crippen LogP contribution is 2.18. The average molecular weight is 227 g/mol. The van der Waals surface area contributed by atoms with E-state index in [4.69, 9.17) is 0 Å². The SMILES string of the molecule is c1ccc(-c2cnn(CC3CCCN3)c2)cc1. The largest absolute Gasteiger partial charge is 0.312 e. The lowest BCUT2D eigenvalue weighted by atomic mass is 10.1. The van der Waals surface area contributed by atoms with Gasteiger partial charge in [0.25, 0.3) is 0 Å². The summed E-state index contributed by atoms with van der Waals surface area (Å²) in [5, 5.41) is 7.93. The Labute approximate surface area is 101 Å². The van der Waals surface area contributed by atoms with Crippen LogP contribution in [0.2, 0.25) is 0 Å². The van der Waals surface area contributed by atoms with Gasteiger partial charge in [0, 0.05) is 17.8 Å². The Hall–Kier alpha value is -1.61. The molecule has 17 heavy (non-hydrogen) atoms. The zero-order valence-electron chi connectivity index (χ0n) is 9.84. The number of hydrogen-bond donors (Lipinski definition) is 1. The first-order valence-electron chi connectivity index (χ1n) is 6.23. The Kier molecular flexibility index (Phi) is 2.92. The number of nitrogens with zero attached hydrogens (tertiary/aromatic N) is 2. The van der Waals surface area contributed by atoms with E-state index in [9.17, 15) is 0 Å². The van der Waals surface area contributed by atoms with Gasteiger partial charge in [-0.3, -0.25) is 4.68 Å². The van der Waals surface area contributed by atoms with Gasteiger partial charge in [0.15, 0.2) is 0 Å². The van der Waals surface area contributed by atoms with Crippen molar-refractivity contribution in [2.75, 3.05) is 6.54 Å². The highest BCUT2D eigenvalue weighted by atomic mass is 15.3. The molecule has 1 unspecified atom stereocenters. The monoisotopic (exact) mass is 227 g/mol. The molecule has 0 spiro atoms. The van der Waals surface area contributed by atoms with Crippen LogP contribution in [0, 0.1) is 0 Å². The topological polar surface area (TPSA) is 29.9 Å². The second-order valence-electron chi connectivity index (χ2n) is 4.61. The molecular weight excluding hydrogens is 210 g/mol. The minimum Gasteiger partial charge on any atom is -0.312 e. The molecule has 0 radical (unpaired) electrons. The lowest BCUT2D eigenvalue weighted by Crippen LogP contribution is -2.26. The molecule has 1 atom stereocenters.